The summed E-state index contributed by atoms with van der Waals surface area (Å²) in [6.45, 7) is 0. The van der Waals surface area contributed by atoms with Gasteiger partial charge in [-0.25, -0.2) is 4.98 Å². The SMILES string of the molecule is O=C(O)Cc1cncnc1On1cccn1. The van der Waals surface area contributed by atoms with E-state index >= 15 is 0 Å². The molecule has 82 valence electrons. The Kier molecular flexibility index (Phi) is 2.77. The average molecular weight is 220 g/mol. The Labute approximate surface area is 90.3 Å². The lowest BCUT2D eigenvalue weighted by atomic mass is 10.2. The van der Waals surface area contributed by atoms with E-state index in [4.69, 9.17) is 9.94 Å². The van der Waals surface area contributed by atoms with Gasteiger partial charge in [0.25, 0.3) is 5.88 Å². The Hall–Kier alpha value is -2.44. The van der Waals surface area contributed by atoms with Crippen LogP contribution in [-0.2, 0) is 11.2 Å². The van der Waals surface area contributed by atoms with E-state index in [0.717, 1.165) is 0 Å². The summed E-state index contributed by atoms with van der Waals surface area (Å²) in [4.78, 5) is 24.6. The first-order valence-electron chi connectivity index (χ1n) is 4.44. The van der Waals surface area contributed by atoms with Crippen molar-refractivity contribution in [3.05, 3.63) is 36.5 Å². The number of rotatable bonds is 4. The molecule has 2 heterocycles. The topological polar surface area (TPSA) is 90.1 Å². The van der Waals surface area contributed by atoms with Crippen molar-refractivity contribution < 1.29 is 14.7 Å². The van der Waals surface area contributed by atoms with Crippen LogP contribution in [0.5, 0.6) is 5.88 Å². The van der Waals surface area contributed by atoms with E-state index in [1.54, 1.807) is 12.3 Å². The number of hydrogen-bond acceptors (Lipinski definition) is 5. The molecule has 7 heteroatoms. The molecule has 0 aliphatic rings. The van der Waals surface area contributed by atoms with Gasteiger partial charge in [0.05, 0.1) is 18.8 Å². The third-order valence-electron chi connectivity index (χ3n) is 1.75. The number of aromatic nitrogens is 4. The zero-order chi connectivity index (χ0) is 11.4. The molecule has 0 bridgehead atoms. The lowest BCUT2D eigenvalue weighted by Crippen LogP contribution is -2.11. The van der Waals surface area contributed by atoms with Crippen molar-refractivity contribution in [1.82, 2.24) is 19.9 Å². The minimum Gasteiger partial charge on any atom is -0.481 e. The maximum atomic E-state index is 10.6. The molecule has 0 spiro atoms. The van der Waals surface area contributed by atoms with Gasteiger partial charge in [0.2, 0.25) is 0 Å². The molecule has 0 aliphatic heterocycles. The number of carboxylic acids is 1. The van der Waals surface area contributed by atoms with Crippen LogP contribution < -0.4 is 4.84 Å². The second-order valence-electron chi connectivity index (χ2n) is 2.92. The van der Waals surface area contributed by atoms with Crippen LogP contribution in [0.15, 0.2) is 31.0 Å². The highest BCUT2D eigenvalue weighted by atomic mass is 16.7. The molecule has 0 aliphatic carbocycles. The lowest BCUT2D eigenvalue weighted by Gasteiger charge is -2.06. The van der Waals surface area contributed by atoms with Gasteiger partial charge >= 0.3 is 5.97 Å². The molecule has 1 N–H and O–H groups in total. The van der Waals surface area contributed by atoms with Crippen molar-refractivity contribution in [3.8, 4) is 5.88 Å². The maximum Gasteiger partial charge on any atom is 0.308 e. The van der Waals surface area contributed by atoms with Crippen LogP contribution >= 0.6 is 0 Å². The highest BCUT2D eigenvalue weighted by molar-refractivity contribution is 5.70. The largest absolute Gasteiger partial charge is 0.481 e. The summed E-state index contributed by atoms with van der Waals surface area (Å²) >= 11 is 0. The first-order chi connectivity index (χ1) is 7.75. The minimum atomic E-state index is -0.972. The van der Waals surface area contributed by atoms with Crippen LogP contribution in [0.4, 0.5) is 0 Å². The molecule has 16 heavy (non-hydrogen) atoms. The van der Waals surface area contributed by atoms with Crippen molar-refractivity contribution in [2.24, 2.45) is 0 Å². The summed E-state index contributed by atoms with van der Waals surface area (Å²) in [6, 6.07) is 1.68. The highest BCUT2D eigenvalue weighted by Gasteiger charge is 2.10. The minimum absolute atomic E-state index is 0.182. The first-order valence-corrected chi connectivity index (χ1v) is 4.44. The molecule has 0 fully saturated rings. The van der Waals surface area contributed by atoms with Crippen molar-refractivity contribution in [3.63, 3.8) is 0 Å². The Morgan fingerprint density at radius 2 is 2.44 bits per heavy atom. The van der Waals surface area contributed by atoms with Gasteiger partial charge in [0.15, 0.2) is 0 Å². The second kappa shape index (κ2) is 4.39. The van der Waals surface area contributed by atoms with E-state index in [0.29, 0.717) is 5.56 Å². The zero-order valence-corrected chi connectivity index (χ0v) is 8.15. The van der Waals surface area contributed by atoms with Crippen molar-refractivity contribution in [2.75, 3.05) is 0 Å². The van der Waals surface area contributed by atoms with Crippen LogP contribution in [0.1, 0.15) is 5.56 Å². The Balaban J connectivity index is 2.22. The molecule has 0 unspecified atom stereocenters. The Bertz CT molecular complexity index is 483. The maximum absolute atomic E-state index is 10.6. The summed E-state index contributed by atoms with van der Waals surface area (Å²) < 4.78 is 0. The van der Waals surface area contributed by atoms with E-state index in [2.05, 4.69) is 15.1 Å². The molecule has 0 amide bonds. The smallest absolute Gasteiger partial charge is 0.308 e. The number of carboxylic acid groups (broad SMARTS) is 1. The fourth-order valence-corrected chi connectivity index (χ4v) is 1.11. The van der Waals surface area contributed by atoms with Gasteiger partial charge in [0, 0.05) is 11.8 Å². The fourth-order valence-electron chi connectivity index (χ4n) is 1.11. The summed E-state index contributed by atoms with van der Waals surface area (Å²) in [7, 11) is 0. The summed E-state index contributed by atoms with van der Waals surface area (Å²) in [6.07, 6.45) is 5.60. The van der Waals surface area contributed by atoms with Crippen molar-refractivity contribution in [2.45, 2.75) is 6.42 Å². The van der Waals surface area contributed by atoms with Crippen LogP contribution in [0.25, 0.3) is 0 Å². The molecule has 2 aromatic heterocycles. The van der Waals surface area contributed by atoms with E-state index in [1.165, 1.54) is 23.6 Å². The second-order valence-corrected chi connectivity index (χ2v) is 2.92. The molecule has 0 saturated carbocycles. The van der Waals surface area contributed by atoms with Crippen LogP contribution in [-0.4, -0.2) is 31.0 Å². The van der Waals surface area contributed by atoms with Crippen LogP contribution in [0.2, 0.25) is 0 Å². The molecular formula is C9H8N4O3. The van der Waals surface area contributed by atoms with Crippen LogP contribution in [0, 0.1) is 0 Å². The Morgan fingerprint density at radius 3 is 3.12 bits per heavy atom. The van der Waals surface area contributed by atoms with E-state index < -0.39 is 5.97 Å². The molecule has 2 rings (SSSR count). The highest BCUT2D eigenvalue weighted by Crippen LogP contribution is 2.13. The van der Waals surface area contributed by atoms with Gasteiger partial charge in [-0.2, -0.15) is 4.98 Å². The molecular weight excluding hydrogens is 212 g/mol. The monoisotopic (exact) mass is 220 g/mol. The normalized spacial score (nSPS) is 10.0. The molecule has 2 aromatic rings. The molecule has 0 aromatic carbocycles. The molecule has 0 atom stereocenters. The third-order valence-corrected chi connectivity index (χ3v) is 1.75. The number of aliphatic carboxylic acids is 1. The predicted molar refractivity (Wildman–Crippen MR) is 51.6 cm³/mol. The van der Waals surface area contributed by atoms with E-state index in [-0.39, 0.29) is 12.3 Å². The van der Waals surface area contributed by atoms with Gasteiger partial charge in [-0.05, 0) is 6.07 Å². The fraction of sp³-hybridized carbons (Fsp3) is 0.111. The summed E-state index contributed by atoms with van der Waals surface area (Å²) in [5, 5.41) is 12.5. The summed E-state index contributed by atoms with van der Waals surface area (Å²) in [5.41, 5.74) is 0.394. The van der Waals surface area contributed by atoms with Gasteiger partial charge in [-0.3, -0.25) is 4.79 Å². The number of hydrogen-bond donors (Lipinski definition) is 1. The summed E-state index contributed by atoms with van der Waals surface area (Å²) in [5.74, 6) is -0.791. The van der Waals surface area contributed by atoms with E-state index in [9.17, 15) is 4.79 Å². The molecule has 7 nitrogen and oxygen atoms in total. The standard InChI is InChI=1S/C9H8N4O3/c14-8(15)4-7-5-10-6-11-9(7)16-13-3-1-2-12-13/h1-3,5-6H,4H2,(H,14,15). The van der Waals surface area contributed by atoms with E-state index in [1.807, 2.05) is 0 Å². The number of nitrogens with zero attached hydrogens (tertiary/aromatic N) is 4. The van der Waals surface area contributed by atoms with Gasteiger partial charge in [-0.15, -0.1) is 5.10 Å². The van der Waals surface area contributed by atoms with Crippen LogP contribution in [0.3, 0.4) is 0 Å². The Morgan fingerprint density at radius 1 is 1.56 bits per heavy atom. The lowest BCUT2D eigenvalue weighted by molar-refractivity contribution is -0.136. The molecule has 0 radical (unpaired) electrons. The van der Waals surface area contributed by atoms with Gasteiger partial charge < -0.3 is 9.94 Å². The average Bonchev–Trinajstić information content (AvgIpc) is 2.73. The van der Waals surface area contributed by atoms with Gasteiger partial charge in [0.1, 0.15) is 6.33 Å². The van der Waals surface area contributed by atoms with Gasteiger partial charge in [-0.1, -0.05) is 4.85 Å². The van der Waals surface area contributed by atoms with Crippen molar-refractivity contribution in [1.29, 1.82) is 0 Å². The third kappa shape index (κ3) is 2.32. The first kappa shape index (κ1) is 10.1. The predicted octanol–water partition coefficient (Wildman–Crippen LogP) is 0.142. The number of carbonyl (C=O) groups is 1. The quantitative estimate of drug-likeness (QED) is 0.788. The van der Waals surface area contributed by atoms with Crippen molar-refractivity contribution >= 4 is 5.97 Å². The zero-order valence-electron chi connectivity index (χ0n) is 8.15. The molecule has 0 saturated heterocycles.